The highest BCUT2D eigenvalue weighted by atomic mass is 35.5. The summed E-state index contributed by atoms with van der Waals surface area (Å²) in [5, 5.41) is 3.32. The Balaban J connectivity index is 0.00000242. The fourth-order valence-electron chi connectivity index (χ4n) is 2.26. The number of nitrogens with one attached hydrogen (secondary N) is 1. The number of hydrogen-bond acceptors (Lipinski definition) is 4. The largest absolute Gasteiger partial charge is 0.332 e. The second kappa shape index (κ2) is 7.80. The highest BCUT2D eigenvalue weighted by Crippen LogP contribution is 2.05. The van der Waals surface area contributed by atoms with Gasteiger partial charge in [-0.1, -0.05) is 6.92 Å². The monoisotopic (exact) mass is 349 g/mol. The van der Waals surface area contributed by atoms with Crippen molar-refractivity contribution in [3.63, 3.8) is 0 Å². The first-order chi connectivity index (χ1) is 10.0. The van der Waals surface area contributed by atoms with Crippen LogP contribution in [0.3, 0.4) is 0 Å². The van der Waals surface area contributed by atoms with Crippen LogP contribution in [0.2, 0.25) is 0 Å². The maximum absolute atomic E-state index is 12.2. The highest BCUT2D eigenvalue weighted by Gasteiger charge is 2.14. The number of alkyl halides is 1. The summed E-state index contributed by atoms with van der Waals surface area (Å²) in [7, 11) is 3.08. The molecule has 0 saturated carbocycles. The van der Waals surface area contributed by atoms with E-state index in [1.807, 2.05) is 0 Å². The van der Waals surface area contributed by atoms with Crippen molar-refractivity contribution in [1.29, 1.82) is 0 Å². The Bertz CT molecular complexity index is 745. The van der Waals surface area contributed by atoms with Crippen LogP contribution in [0.5, 0.6) is 0 Å². The lowest BCUT2D eigenvalue weighted by Crippen LogP contribution is -2.38. The fraction of sp³-hybridized carbons (Fsp3) is 0.615. The van der Waals surface area contributed by atoms with E-state index in [2.05, 4.69) is 17.2 Å². The zero-order valence-electron chi connectivity index (χ0n) is 12.9. The molecule has 0 aliphatic carbocycles. The summed E-state index contributed by atoms with van der Waals surface area (Å²) in [6.45, 7) is 3.35. The Morgan fingerprint density at radius 2 is 2.00 bits per heavy atom. The Morgan fingerprint density at radius 1 is 1.32 bits per heavy atom. The van der Waals surface area contributed by atoms with Crippen LogP contribution >= 0.6 is 24.0 Å². The van der Waals surface area contributed by atoms with Crippen molar-refractivity contribution in [2.45, 2.75) is 25.9 Å². The first-order valence-corrected chi connectivity index (χ1v) is 7.44. The number of hydrogen-bond donors (Lipinski definition) is 1. The molecule has 0 radical (unpaired) electrons. The summed E-state index contributed by atoms with van der Waals surface area (Å²) in [6, 6.07) is 0.258. The van der Waals surface area contributed by atoms with Gasteiger partial charge in [-0.3, -0.25) is 13.9 Å². The molecule has 0 aromatic carbocycles. The van der Waals surface area contributed by atoms with Gasteiger partial charge < -0.3 is 9.88 Å². The van der Waals surface area contributed by atoms with E-state index in [9.17, 15) is 9.59 Å². The first-order valence-electron chi connectivity index (χ1n) is 6.91. The van der Waals surface area contributed by atoms with Gasteiger partial charge in [0.25, 0.3) is 5.56 Å². The molecule has 2 rings (SSSR count). The maximum Gasteiger partial charge on any atom is 0.332 e. The van der Waals surface area contributed by atoms with Crippen molar-refractivity contribution >= 4 is 35.2 Å². The third-order valence-corrected chi connectivity index (χ3v) is 4.05. The van der Waals surface area contributed by atoms with Crippen LogP contribution in [-0.2, 0) is 20.6 Å². The molecule has 7 nitrogen and oxygen atoms in total. The third kappa shape index (κ3) is 3.37. The van der Waals surface area contributed by atoms with Crippen molar-refractivity contribution in [2.24, 2.45) is 14.1 Å². The van der Waals surface area contributed by atoms with Crippen molar-refractivity contribution < 1.29 is 0 Å². The molecule has 0 unspecified atom stereocenters. The molecule has 22 heavy (non-hydrogen) atoms. The van der Waals surface area contributed by atoms with E-state index in [1.165, 1.54) is 11.6 Å². The lowest BCUT2D eigenvalue weighted by molar-refractivity contribution is 0.511. The van der Waals surface area contributed by atoms with Gasteiger partial charge in [-0.25, -0.2) is 9.78 Å². The van der Waals surface area contributed by atoms with E-state index in [-0.39, 0.29) is 29.7 Å². The molecule has 0 amide bonds. The molecule has 0 spiro atoms. The molecule has 0 aliphatic heterocycles. The van der Waals surface area contributed by atoms with Gasteiger partial charge in [-0.15, -0.1) is 24.0 Å². The molecule has 0 aliphatic rings. The quantitative estimate of drug-likeness (QED) is 0.769. The van der Waals surface area contributed by atoms with E-state index < -0.39 is 0 Å². The molecular weight excluding hydrogens is 329 g/mol. The minimum absolute atomic E-state index is 0. The molecule has 1 atom stereocenters. The highest BCUT2D eigenvalue weighted by molar-refractivity contribution is 6.18. The number of rotatable bonds is 6. The van der Waals surface area contributed by atoms with Gasteiger partial charge in [-0.05, 0) is 6.42 Å². The molecule has 9 heteroatoms. The number of aromatic nitrogens is 4. The predicted molar refractivity (Wildman–Crippen MR) is 90.3 cm³/mol. The second-order valence-corrected chi connectivity index (χ2v) is 5.34. The van der Waals surface area contributed by atoms with Crippen molar-refractivity contribution in [3.8, 4) is 0 Å². The zero-order valence-corrected chi connectivity index (χ0v) is 14.4. The number of fused-ring (bicyclic) bond motifs is 1. The van der Waals surface area contributed by atoms with Crippen molar-refractivity contribution in [1.82, 2.24) is 24.0 Å². The molecule has 2 heterocycles. The van der Waals surface area contributed by atoms with E-state index in [1.54, 1.807) is 17.9 Å². The molecule has 1 N–H and O–H groups in total. The topological polar surface area (TPSA) is 73.8 Å². The van der Waals surface area contributed by atoms with Crippen LogP contribution in [-0.4, -0.2) is 37.2 Å². The summed E-state index contributed by atoms with van der Waals surface area (Å²) in [5.41, 5.74) is 0.159. The fourth-order valence-corrected chi connectivity index (χ4v) is 2.59. The molecule has 2 aromatic rings. The van der Waals surface area contributed by atoms with Gasteiger partial charge >= 0.3 is 5.69 Å². The number of aryl methyl sites for hydroxylation is 1. The predicted octanol–water partition coefficient (Wildman–Crippen LogP) is 0.462. The van der Waals surface area contributed by atoms with E-state index in [4.69, 9.17) is 11.6 Å². The Kier molecular flexibility index (Phi) is 6.65. The summed E-state index contributed by atoms with van der Waals surface area (Å²) >= 11 is 5.83. The van der Waals surface area contributed by atoms with Crippen LogP contribution in [0.25, 0.3) is 11.2 Å². The Hall–Kier alpha value is -1.31. The lowest BCUT2D eigenvalue weighted by atomic mass is 10.2. The van der Waals surface area contributed by atoms with Gasteiger partial charge in [0.15, 0.2) is 11.2 Å². The third-order valence-electron chi connectivity index (χ3n) is 3.68. The minimum atomic E-state index is -0.371. The van der Waals surface area contributed by atoms with Gasteiger partial charge in [-0.2, -0.15) is 0 Å². The van der Waals surface area contributed by atoms with Gasteiger partial charge in [0.1, 0.15) is 0 Å². The van der Waals surface area contributed by atoms with Gasteiger partial charge in [0, 0.05) is 39.1 Å². The summed E-state index contributed by atoms with van der Waals surface area (Å²) < 4.78 is 4.25. The van der Waals surface area contributed by atoms with Crippen LogP contribution in [0.4, 0.5) is 0 Å². The number of nitrogens with zero attached hydrogens (tertiary/aromatic N) is 4. The van der Waals surface area contributed by atoms with Gasteiger partial charge in [0.2, 0.25) is 0 Å². The van der Waals surface area contributed by atoms with E-state index >= 15 is 0 Å². The summed E-state index contributed by atoms with van der Waals surface area (Å²) in [4.78, 5) is 28.3. The molecule has 0 bridgehead atoms. The van der Waals surface area contributed by atoms with Crippen LogP contribution in [0, 0.1) is 0 Å². The zero-order chi connectivity index (χ0) is 15.6. The van der Waals surface area contributed by atoms with Crippen molar-refractivity contribution in [2.75, 3.05) is 12.4 Å². The molecular formula is C13H21Cl2N5O2. The molecule has 124 valence electrons. The minimum Gasteiger partial charge on any atom is -0.323 e. The molecule has 0 fully saturated rings. The van der Waals surface area contributed by atoms with Crippen LogP contribution in [0.1, 0.15) is 13.3 Å². The van der Waals surface area contributed by atoms with E-state index in [0.717, 1.165) is 11.0 Å². The standard InChI is InChI=1S/C13H20ClN5O2.ClH/c1-4-9(7-14)15-5-6-19-8-16-11-10(19)12(20)18(3)13(21)17(11)2;/h8-9,15H,4-7H2,1-3H3;1H/t9-;/m1./s1. The van der Waals surface area contributed by atoms with Crippen LogP contribution in [0.15, 0.2) is 15.9 Å². The number of halogens is 2. The van der Waals surface area contributed by atoms with Crippen molar-refractivity contribution in [3.05, 3.63) is 27.2 Å². The summed E-state index contributed by atoms with van der Waals surface area (Å²) in [5.74, 6) is 0.553. The Labute approximate surface area is 139 Å². The van der Waals surface area contributed by atoms with Crippen LogP contribution < -0.4 is 16.6 Å². The van der Waals surface area contributed by atoms with Gasteiger partial charge in [0.05, 0.1) is 6.33 Å². The number of imidazole rings is 1. The SMILES string of the molecule is CC[C@H](CCl)NCCn1cnc2c1c(=O)n(C)c(=O)n2C.Cl. The second-order valence-electron chi connectivity index (χ2n) is 5.03. The first kappa shape index (κ1) is 18.7. The normalized spacial score (nSPS) is 12.4. The van der Waals surface area contributed by atoms with E-state index in [0.29, 0.717) is 30.1 Å². The molecule has 2 aromatic heterocycles. The Morgan fingerprint density at radius 3 is 2.59 bits per heavy atom. The summed E-state index contributed by atoms with van der Waals surface area (Å²) in [6.07, 6.45) is 2.54. The molecule has 0 saturated heterocycles. The smallest absolute Gasteiger partial charge is 0.323 e. The average molecular weight is 350 g/mol. The average Bonchev–Trinajstić information content (AvgIpc) is 2.91. The maximum atomic E-state index is 12.2. The lowest BCUT2D eigenvalue weighted by Gasteiger charge is -2.14.